The zero-order chi connectivity index (χ0) is 20.6. The van der Waals surface area contributed by atoms with Gasteiger partial charge in [0.05, 0.1) is 6.54 Å². The number of likely N-dealkylation sites (N-methyl/N-ethyl adjacent to an activating group) is 1. The SMILES string of the molecule is Cc1ccnc(NC(=O)CN(C)C(=O)/C=C/c2cccc(-c3ccccc3)c2)c1. The average molecular weight is 385 g/mol. The van der Waals surface area contributed by atoms with Gasteiger partial charge in [-0.2, -0.15) is 0 Å². The standard InChI is InChI=1S/C24H23N3O2/c1-18-13-14-25-22(15-18)26-23(28)17-27(2)24(29)12-11-19-7-6-10-21(16-19)20-8-4-3-5-9-20/h3-16H,17H2,1-2H3,(H,25,26,28)/b12-11+. The molecule has 0 aliphatic carbocycles. The van der Waals surface area contributed by atoms with E-state index in [4.69, 9.17) is 0 Å². The monoisotopic (exact) mass is 385 g/mol. The van der Waals surface area contributed by atoms with Crippen molar-refractivity contribution in [3.8, 4) is 11.1 Å². The van der Waals surface area contributed by atoms with Crippen LogP contribution in [0.25, 0.3) is 17.2 Å². The van der Waals surface area contributed by atoms with E-state index >= 15 is 0 Å². The topological polar surface area (TPSA) is 62.3 Å². The van der Waals surface area contributed by atoms with E-state index in [-0.39, 0.29) is 18.4 Å². The van der Waals surface area contributed by atoms with Crippen LogP contribution in [0.2, 0.25) is 0 Å². The lowest BCUT2D eigenvalue weighted by Gasteiger charge is -2.14. The van der Waals surface area contributed by atoms with E-state index in [1.54, 1.807) is 25.4 Å². The fourth-order valence-corrected chi connectivity index (χ4v) is 2.83. The van der Waals surface area contributed by atoms with Crippen molar-refractivity contribution in [1.82, 2.24) is 9.88 Å². The number of amides is 2. The summed E-state index contributed by atoms with van der Waals surface area (Å²) >= 11 is 0. The summed E-state index contributed by atoms with van der Waals surface area (Å²) < 4.78 is 0. The highest BCUT2D eigenvalue weighted by Crippen LogP contribution is 2.20. The molecule has 0 fully saturated rings. The van der Waals surface area contributed by atoms with Crippen molar-refractivity contribution in [1.29, 1.82) is 0 Å². The number of hydrogen-bond acceptors (Lipinski definition) is 3. The second kappa shape index (κ2) is 9.46. The van der Waals surface area contributed by atoms with Crippen molar-refractivity contribution in [2.45, 2.75) is 6.92 Å². The largest absolute Gasteiger partial charge is 0.333 e. The average Bonchev–Trinajstić information content (AvgIpc) is 2.72. The maximum Gasteiger partial charge on any atom is 0.246 e. The molecule has 0 bridgehead atoms. The molecule has 3 rings (SSSR count). The molecule has 0 aliphatic heterocycles. The molecule has 0 aliphatic rings. The van der Waals surface area contributed by atoms with E-state index < -0.39 is 0 Å². The van der Waals surface area contributed by atoms with Crippen LogP contribution in [0, 0.1) is 6.92 Å². The predicted molar refractivity (Wildman–Crippen MR) is 116 cm³/mol. The second-order valence-electron chi connectivity index (χ2n) is 6.79. The van der Waals surface area contributed by atoms with E-state index in [0.29, 0.717) is 5.82 Å². The molecule has 2 aromatic carbocycles. The lowest BCUT2D eigenvalue weighted by Crippen LogP contribution is -2.34. The fraction of sp³-hybridized carbons (Fsp3) is 0.125. The summed E-state index contributed by atoms with van der Waals surface area (Å²) in [6.07, 6.45) is 4.86. The van der Waals surface area contributed by atoms with E-state index in [1.807, 2.05) is 67.6 Å². The normalized spacial score (nSPS) is 10.7. The first-order chi connectivity index (χ1) is 14.0. The van der Waals surface area contributed by atoms with Crippen LogP contribution in [0.3, 0.4) is 0 Å². The molecule has 3 aromatic rings. The van der Waals surface area contributed by atoms with Gasteiger partial charge >= 0.3 is 0 Å². The molecule has 1 aromatic heterocycles. The van der Waals surface area contributed by atoms with Crippen LogP contribution in [0.1, 0.15) is 11.1 Å². The van der Waals surface area contributed by atoms with Gasteiger partial charge in [-0.1, -0.05) is 48.5 Å². The van der Waals surface area contributed by atoms with Gasteiger partial charge in [0.1, 0.15) is 5.82 Å². The third kappa shape index (κ3) is 5.87. The van der Waals surface area contributed by atoms with Crippen LogP contribution in [0.5, 0.6) is 0 Å². The van der Waals surface area contributed by atoms with Crippen molar-refractivity contribution in [3.63, 3.8) is 0 Å². The van der Waals surface area contributed by atoms with Crippen molar-refractivity contribution in [2.75, 3.05) is 18.9 Å². The van der Waals surface area contributed by atoms with E-state index in [0.717, 1.165) is 22.3 Å². The highest BCUT2D eigenvalue weighted by atomic mass is 16.2. The lowest BCUT2D eigenvalue weighted by atomic mass is 10.0. The van der Waals surface area contributed by atoms with E-state index in [1.165, 1.54) is 11.0 Å². The van der Waals surface area contributed by atoms with Gasteiger partial charge in [-0.05, 0) is 53.5 Å². The number of benzene rings is 2. The first-order valence-corrected chi connectivity index (χ1v) is 9.32. The molecule has 29 heavy (non-hydrogen) atoms. The van der Waals surface area contributed by atoms with Gasteiger partial charge < -0.3 is 10.2 Å². The summed E-state index contributed by atoms with van der Waals surface area (Å²) in [5.74, 6) is -0.0648. The second-order valence-corrected chi connectivity index (χ2v) is 6.79. The number of pyridine rings is 1. The first-order valence-electron chi connectivity index (χ1n) is 9.32. The number of carbonyl (C=O) groups is 2. The number of rotatable bonds is 6. The van der Waals surface area contributed by atoms with Gasteiger partial charge in [0.2, 0.25) is 11.8 Å². The summed E-state index contributed by atoms with van der Waals surface area (Å²) in [6.45, 7) is 1.87. The number of nitrogens with zero attached hydrogens (tertiary/aromatic N) is 2. The Morgan fingerprint density at radius 2 is 1.76 bits per heavy atom. The van der Waals surface area contributed by atoms with Crippen LogP contribution in [0.15, 0.2) is 79.0 Å². The lowest BCUT2D eigenvalue weighted by molar-refractivity contribution is -0.129. The molecule has 2 amide bonds. The van der Waals surface area contributed by atoms with Gasteiger partial charge in [0, 0.05) is 19.3 Å². The highest BCUT2D eigenvalue weighted by Gasteiger charge is 2.11. The molecule has 0 radical (unpaired) electrons. The van der Waals surface area contributed by atoms with Crippen LogP contribution in [-0.4, -0.2) is 35.3 Å². The minimum absolute atomic E-state index is 0.0527. The molecule has 0 atom stereocenters. The molecule has 1 N–H and O–H groups in total. The summed E-state index contributed by atoms with van der Waals surface area (Å²) in [6, 6.07) is 21.6. The third-order valence-corrected chi connectivity index (χ3v) is 4.35. The Balaban J connectivity index is 1.59. The van der Waals surface area contributed by atoms with Crippen LogP contribution in [-0.2, 0) is 9.59 Å². The molecular weight excluding hydrogens is 362 g/mol. The Labute approximate surface area is 170 Å². The predicted octanol–water partition coefficient (Wildman–Crippen LogP) is 4.17. The number of aromatic nitrogens is 1. The minimum Gasteiger partial charge on any atom is -0.333 e. The molecule has 0 unspecified atom stereocenters. The number of carbonyl (C=O) groups excluding carboxylic acids is 2. The number of nitrogens with one attached hydrogen (secondary N) is 1. The zero-order valence-corrected chi connectivity index (χ0v) is 16.5. The summed E-state index contributed by atoms with van der Waals surface area (Å²) in [7, 11) is 1.59. The van der Waals surface area contributed by atoms with E-state index in [2.05, 4.69) is 10.3 Å². The minimum atomic E-state index is -0.293. The number of aryl methyl sites for hydroxylation is 1. The first kappa shape index (κ1) is 20.0. The van der Waals surface area contributed by atoms with Crippen LogP contribution < -0.4 is 5.32 Å². The maximum atomic E-state index is 12.4. The smallest absolute Gasteiger partial charge is 0.246 e. The maximum absolute atomic E-state index is 12.4. The van der Waals surface area contributed by atoms with Crippen molar-refractivity contribution in [2.24, 2.45) is 0 Å². The fourth-order valence-electron chi connectivity index (χ4n) is 2.83. The van der Waals surface area contributed by atoms with Crippen molar-refractivity contribution < 1.29 is 9.59 Å². The van der Waals surface area contributed by atoms with Gasteiger partial charge in [0.15, 0.2) is 0 Å². The molecule has 0 saturated carbocycles. The Morgan fingerprint density at radius 1 is 1.00 bits per heavy atom. The zero-order valence-electron chi connectivity index (χ0n) is 16.5. The molecule has 0 spiro atoms. The van der Waals surface area contributed by atoms with Crippen molar-refractivity contribution >= 4 is 23.7 Å². The van der Waals surface area contributed by atoms with Crippen molar-refractivity contribution in [3.05, 3.63) is 90.1 Å². The molecular formula is C24H23N3O2. The third-order valence-electron chi connectivity index (χ3n) is 4.35. The summed E-state index contributed by atoms with van der Waals surface area (Å²) in [4.78, 5) is 30.0. The quantitative estimate of drug-likeness (QED) is 0.648. The van der Waals surface area contributed by atoms with Gasteiger partial charge in [-0.25, -0.2) is 4.98 Å². The molecule has 5 heteroatoms. The van der Waals surface area contributed by atoms with E-state index in [9.17, 15) is 9.59 Å². The van der Waals surface area contributed by atoms with Crippen LogP contribution in [0.4, 0.5) is 5.82 Å². The molecule has 5 nitrogen and oxygen atoms in total. The molecule has 1 heterocycles. The van der Waals surface area contributed by atoms with Gasteiger partial charge in [-0.3, -0.25) is 9.59 Å². The Bertz CT molecular complexity index is 1030. The van der Waals surface area contributed by atoms with Gasteiger partial charge in [-0.15, -0.1) is 0 Å². The number of hydrogen-bond donors (Lipinski definition) is 1. The summed E-state index contributed by atoms with van der Waals surface area (Å²) in [5, 5.41) is 2.70. The Morgan fingerprint density at radius 3 is 2.52 bits per heavy atom. The molecule has 146 valence electrons. The Hall–Kier alpha value is -3.73. The van der Waals surface area contributed by atoms with Gasteiger partial charge in [0.25, 0.3) is 0 Å². The van der Waals surface area contributed by atoms with Crippen LogP contribution >= 0.6 is 0 Å². The summed E-state index contributed by atoms with van der Waals surface area (Å²) in [5.41, 5.74) is 4.12. The Kier molecular flexibility index (Phi) is 6.53. The highest BCUT2D eigenvalue weighted by molar-refractivity contribution is 5.97. The number of anilines is 1. The molecule has 0 saturated heterocycles.